The van der Waals surface area contributed by atoms with Crippen molar-refractivity contribution < 1.29 is 57.3 Å². The summed E-state index contributed by atoms with van der Waals surface area (Å²) >= 11 is 25.0. The molecule has 478 valence electrons. The van der Waals surface area contributed by atoms with E-state index in [0.29, 0.717) is 17.0 Å². The van der Waals surface area contributed by atoms with Gasteiger partial charge in [0.25, 0.3) is 0 Å². The van der Waals surface area contributed by atoms with Gasteiger partial charge in [-0.25, -0.2) is 14.4 Å². The summed E-state index contributed by atoms with van der Waals surface area (Å²) in [7, 11) is 2.79. The molecule has 3 aromatic rings. The first-order chi connectivity index (χ1) is 40.8. The van der Waals surface area contributed by atoms with Gasteiger partial charge in [0, 0.05) is 42.9 Å². The van der Waals surface area contributed by atoms with Crippen molar-refractivity contribution >= 4 is 106 Å². The Morgan fingerprint density at radius 2 is 1.40 bits per heavy atom. The van der Waals surface area contributed by atoms with E-state index in [0.717, 1.165) is 32.7 Å². The van der Waals surface area contributed by atoms with Gasteiger partial charge in [0.1, 0.15) is 49.0 Å². The van der Waals surface area contributed by atoms with Gasteiger partial charge in [-0.3, -0.25) is 24.0 Å². The number of alkyl carbamates (subject to hydrolysis) is 1. The van der Waals surface area contributed by atoms with Crippen molar-refractivity contribution in [2.24, 2.45) is 17.8 Å². The zero-order valence-electron chi connectivity index (χ0n) is 52.2. The molecule has 1 aliphatic carbocycles. The van der Waals surface area contributed by atoms with Crippen LogP contribution >= 0.6 is 58.2 Å². The lowest BCUT2D eigenvalue weighted by molar-refractivity contribution is -0.158. The summed E-state index contributed by atoms with van der Waals surface area (Å²) in [6.45, 7) is 18.0. The number of alkyl halides is 3. The van der Waals surface area contributed by atoms with Crippen LogP contribution < -0.4 is 21.3 Å². The Kier molecular flexibility index (Phi) is 29.0. The van der Waals surface area contributed by atoms with Crippen molar-refractivity contribution in [1.82, 2.24) is 31.1 Å². The molecular weight excluding hydrogens is 1220 g/mol. The van der Waals surface area contributed by atoms with Crippen LogP contribution in [0.2, 0.25) is 5.02 Å². The van der Waals surface area contributed by atoms with Crippen molar-refractivity contribution in [1.29, 1.82) is 0 Å². The number of allylic oxidation sites excluding steroid dienone is 1. The highest BCUT2D eigenvalue weighted by molar-refractivity contribution is 7.98. The second kappa shape index (κ2) is 34.2. The Labute approximate surface area is 537 Å². The van der Waals surface area contributed by atoms with Gasteiger partial charge >= 0.3 is 18.0 Å². The fourth-order valence-electron chi connectivity index (χ4n) is 9.88. The van der Waals surface area contributed by atoms with Crippen molar-refractivity contribution in [3.8, 4) is 11.1 Å². The van der Waals surface area contributed by atoms with E-state index < -0.39 is 118 Å². The molecule has 1 aliphatic rings. The first-order valence-electron chi connectivity index (χ1n) is 29.0. The highest BCUT2D eigenvalue weighted by Crippen LogP contribution is 2.44. The molecular formula is C64H86Cl4N6O12S. The second-order valence-corrected chi connectivity index (χ2v) is 26.8. The smallest absolute Gasteiger partial charge is 0.408 e. The number of benzene rings is 3. The molecule has 0 aliphatic heterocycles. The molecule has 87 heavy (non-hydrogen) atoms. The lowest BCUT2D eigenvalue weighted by Gasteiger charge is -2.34. The predicted molar refractivity (Wildman–Crippen MR) is 343 cm³/mol. The van der Waals surface area contributed by atoms with E-state index >= 15 is 0 Å². The monoisotopic (exact) mass is 1300 g/mol. The molecule has 0 radical (unpaired) electrons. The summed E-state index contributed by atoms with van der Waals surface area (Å²) in [5, 5.41) is 11.4. The maximum Gasteiger partial charge on any atom is 0.408 e. The number of hydrogen-bond donors (Lipinski definition) is 4. The van der Waals surface area contributed by atoms with Gasteiger partial charge < -0.3 is 50.0 Å². The van der Waals surface area contributed by atoms with Crippen LogP contribution in [-0.2, 0) is 58.9 Å². The van der Waals surface area contributed by atoms with E-state index in [2.05, 4.69) is 21.3 Å². The SMILES string of the molecule is C/C=C(\C)[C@@H](OC(=O)C(C)(C)NC(=O)OCC1c2ccccc2-c2ccccc21)[C@@H](C)[C@H](C/C=C(\C)C(=O)N[C@H](CC(C)C)C(=O)N[C@@H](C)C(=O)N(C)[C@H](Cc1ccc(Cl)cc1)C(=O)N(C)CC(=O)N[C@H](C(=O)OCC(Cl)(Cl)Cl)[C@H](C)CC)OCSC. The molecule has 6 amide bonds. The topological polar surface area (TPSA) is 228 Å². The molecule has 0 unspecified atom stereocenters. The first-order valence-corrected chi connectivity index (χ1v) is 31.9. The number of hydrogen-bond acceptors (Lipinski definition) is 13. The molecule has 3 aromatic carbocycles. The van der Waals surface area contributed by atoms with Crippen LogP contribution in [0.4, 0.5) is 4.79 Å². The van der Waals surface area contributed by atoms with Crippen LogP contribution in [0.25, 0.3) is 11.1 Å². The number of carbonyl (C=O) groups is 8. The number of carbonyl (C=O) groups excluding carboxylic acids is 8. The number of rotatable bonds is 31. The van der Waals surface area contributed by atoms with Crippen molar-refractivity contribution in [3.05, 3.63) is 118 Å². The van der Waals surface area contributed by atoms with E-state index in [1.165, 1.54) is 37.7 Å². The van der Waals surface area contributed by atoms with Crippen LogP contribution in [0, 0.1) is 17.8 Å². The number of ether oxygens (including phenoxy) is 4. The summed E-state index contributed by atoms with van der Waals surface area (Å²) < 4.78 is 21.6. The molecule has 4 rings (SSSR count). The van der Waals surface area contributed by atoms with Crippen molar-refractivity contribution in [2.75, 3.05) is 46.0 Å². The molecule has 0 bridgehead atoms. The van der Waals surface area contributed by atoms with Gasteiger partial charge in [0.05, 0.1) is 18.6 Å². The van der Waals surface area contributed by atoms with Crippen LogP contribution in [-0.4, -0.2) is 149 Å². The number of fused-ring (bicyclic) bond motifs is 3. The number of thioether (sulfide) groups is 1. The second-order valence-electron chi connectivity index (χ2n) is 23.1. The molecule has 0 saturated heterocycles. The summed E-state index contributed by atoms with van der Waals surface area (Å²) in [6.07, 6.45) is 4.10. The molecule has 0 heterocycles. The minimum Gasteiger partial charge on any atom is -0.460 e. The normalized spacial score (nSPS) is 15.4. The molecule has 18 nitrogen and oxygen atoms in total. The van der Waals surface area contributed by atoms with Crippen LogP contribution in [0.5, 0.6) is 0 Å². The maximum atomic E-state index is 14.4. The molecule has 0 fully saturated rings. The summed E-state index contributed by atoms with van der Waals surface area (Å²) in [4.78, 5) is 113. The number of amides is 6. The van der Waals surface area contributed by atoms with Crippen molar-refractivity contribution in [2.45, 2.75) is 153 Å². The minimum absolute atomic E-state index is 0.00853. The molecule has 8 atom stereocenters. The number of esters is 2. The number of likely N-dealkylation sites (N-methyl/N-ethyl adjacent to an activating group) is 2. The average molecular weight is 1310 g/mol. The standard InChI is InChI=1S/C64H86Cl4N6O12S/c1-15-38(5)54(60(80)84-35-64(66,67)68)71-53(75)33-73(12)59(79)51(32-43-26-28-44(65)29-27-43)74(13)58(78)42(9)69-57(77)50(31-37(3)4)70-56(76)40(7)25-30-52(85-36-87-14)41(8)55(39(6)16-2)86-61(81)63(10,11)72-62(82)83-34-49-47-23-19-17-21-45(47)46-22-18-20-24-48(46)49/h16-29,37-38,41-42,49-52,54-55H,15,30-36H2,1-14H3,(H,69,77)(H,70,76)(H,71,75)(H,72,82)/b39-16+,40-25+/t38-,41+,42+,50-,51-,52+,54+,55-/m1/s1. The fraction of sp³-hybridized carbons (Fsp3) is 0.531. The zero-order chi connectivity index (χ0) is 65.1. The fourth-order valence-corrected chi connectivity index (χ4v) is 10.5. The van der Waals surface area contributed by atoms with Gasteiger partial charge in [-0.1, -0.05) is 160 Å². The van der Waals surface area contributed by atoms with Gasteiger partial charge in [-0.05, 0) is 118 Å². The third-order valence-electron chi connectivity index (χ3n) is 15.3. The average Bonchev–Trinajstić information content (AvgIpc) is 2.00. The number of halogens is 4. The lowest BCUT2D eigenvalue weighted by Crippen LogP contribution is -2.57. The largest absolute Gasteiger partial charge is 0.460 e. The molecule has 0 aromatic heterocycles. The Morgan fingerprint density at radius 3 is 1.95 bits per heavy atom. The van der Waals surface area contributed by atoms with Gasteiger partial charge in [0.15, 0.2) is 0 Å². The molecule has 4 N–H and O–H groups in total. The molecule has 0 spiro atoms. The molecule has 23 heteroatoms. The van der Waals surface area contributed by atoms with E-state index in [9.17, 15) is 38.4 Å². The van der Waals surface area contributed by atoms with Crippen LogP contribution in [0.15, 0.2) is 96.1 Å². The van der Waals surface area contributed by atoms with Crippen LogP contribution in [0.1, 0.15) is 118 Å². The van der Waals surface area contributed by atoms with Crippen molar-refractivity contribution in [3.63, 3.8) is 0 Å². The highest BCUT2D eigenvalue weighted by atomic mass is 35.6. The third-order valence-corrected chi connectivity index (χ3v) is 16.3. The van der Waals surface area contributed by atoms with E-state index in [4.69, 9.17) is 65.4 Å². The quantitative estimate of drug-likeness (QED) is 0.0118. The maximum absolute atomic E-state index is 14.4. The highest BCUT2D eigenvalue weighted by Gasteiger charge is 2.40. The Hall–Kier alpha value is -5.83. The number of nitrogens with zero attached hydrogens (tertiary/aromatic N) is 2. The summed E-state index contributed by atoms with van der Waals surface area (Å²) in [6, 6.07) is 18.0. The minimum atomic E-state index is -1.88. The Bertz CT molecular complexity index is 2890. The van der Waals surface area contributed by atoms with Gasteiger partial charge in [-0.15, -0.1) is 11.8 Å². The summed E-state index contributed by atoms with van der Waals surface area (Å²) in [5.74, 6) is -5.54. The van der Waals surface area contributed by atoms with E-state index in [-0.39, 0.29) is 49.2 Å². The first kappa shape index (κ1) is 73.6. The lowest BCUT2D eigenvalue weighted by atomic mass is 9.90. The third kappa shape index (κ3) is 22.0. The number of nitrogens with one attached hydrogen (secondary N) is 4. The Morgan fingerprint density at radius 1 is 0.805 bits per heavy atom. The van der Waals surface area contributed by atoms with Gasteiger partial charge in [0.2, 0.25) is 33.3 Å². The van der Waals surface area contributed by atoms with Gasteiger partial charge in [-0.2, -0.15) is 0 Å². The van der Waals surface area contributed by atoms with E-state index in [1.54, 1.807) is 58.0 Å². The summed E-state index contributed by atoms with van der Waals surface area (Å²) in [5.41, 5.74) is 4.41. The Balaban J connectivity index is 1.45. The van der Waals surface area contributed by atoms with Crippen LogP contribution in [0.3, 0.4) is 0 Å². The predicted octanol–water partition coefficient (Wildman–Crippen LogP) is 10.5. The zero-order valence-corrected chi connectivity index (χ0v) is 56.1. The van der Waals surface area contributed by atoms with E-state index in [1.807, 2.05) is 102 Å². The molecule has 0 saturated carbocycles.